The first kappa shape index (κ1) is 13.6. The molecule has 4 heteroatoms. The molecule has 0 saturated carbocycles. The number of benzene rings is 1. The number of sulfone groups is 1. The zero-order valence-corrected chi connectivity index (χ0v) is 11.6. The number of rotatable bonds is 5. The number of hydrogen-bond donors (Lipinski definition) is 1. The monoisotopic (exact) mass is 267 g/mol. The lowest BCUT2D eigenvalue weighted by molar-refractivity contribution is 0.451. The smallest absolute Gasteiger partial charge is 0.150 e. The van der Waals surface area contributed by atoms with Crippen molar-refractivity contribution in [2.75, 3.05) is 11.5 Å². The van der Waals surface area contributed by atoms with E-state index in [1.807, 2.05) is 19.1 Å². The predicted molar refractivity (Wildman–Crippen MR) is 74.1 cm³/mol. The van der Waals surface area contributed by atoms with Crippen LogP contribution in [0.2, 0.25) is 0 Å². The van der Waals surface area contributed by atoms with E-state index in [-0.39, 0.29) is 17.7 Å². The fraction of sp³-hybridized carbons (Fsp3) is 0.571. The van der Waals surface area contributed by atoms with Gasteiger partial charge in [0.05, 0.1) is 5.75 Å². The predicted octanol–water partition coefficient (Wildman–Crippen LogP) is 2.07. The molecule has 0 aromatic heterocycles. The lowest BCUT2D eigenvalue weighted by Gasteiger charge is -2.15. The van der Waals surface area contributed by atoms with Gasteiger partial charge in [-0.1, -0.05) is 31.2 Å². The van der Waals surface area contributed by atoms with Crippen molar-refractivity contribution < 1.29 is 8.42 Å². The summed E-state index contributed by atoms with van der Waals surface area (Å²) >= 11 is 0. The van der Waals surface area contributed by atoms with Crippen LogP contribution in [-0.2, 0) is 16.3 Å². The molecular weight excluding hydrogens is 246 g/mol. The van der Waals surface area contributed by atoms with Crippen LogP contribution in [-0.4, -0.2) is 19.9 Å². The first-order chi connectivity index (χ1) is 8.53. The average molecular weight is 267 g/mol. The Bertz CT molecular complexity index is 510. The molecule has 2 rings (SSSR count). The molecule has 0 radical (unpaired) electrons. The van der Waals surface area contributed by atoms with Crippen molar-refractivity contribution in [1.82, 2.24) is 0 Å². The molecule has 2 unspecified atom stereocenters. The molecule has 0 fully saturated rings. The molecule has 0 heterocycles. The van der Waals surface area contributed by atoms with Gasteiger partial charge < -0.3 is 5.73 Å². The second kappa shape index (κ2) is 5.41. The third kappa shape index (κ3) is 2.93. The van der Waals surface area contributed by atoms with Gasteiger partial charge in [-0.25, -0.2) is 8.42 Å². The van der Waals surface area contributed by atoms with E-state index in [0.29, 0.717) is 18.6 Å². The molecule has 0 amide bonds. The second-order valence-electron chi connectivity index (χ2n) is 5.13. The zero-order valence-electron chi connectivity index (χ0n) is 10.8. The maximum atomic E-state index is 11.7. The van der Waals surface area contributed by atoms with E-state index in [2.05, 4.69) is 12.1 Å². The minimum absolute atomic E-state index is 0.00183. The van der Waals surface area contributed by atoms with Crippen molar-refractivity contribution in [3.05, 3.63) is 35.4 Å². The van der Waals surface area contributed by atoms with Crippen molar-refractivity contribution in [3.63, 3.8) is 0 Å². The summed E-state index contributed by atoms with van der Waals surface area (Å²) in [6.07, 6.45) is 2.29. The van der Waals surface area contributed by atoms with Gasteiger partial charge in [-0.3, -0.25) is 0 Å². The van der Waals surface area contributed by atoms with Gasteiger partial charge in [0.15, 0.2) is 0 Å². The van der Waals surface area contributed by atoms with Crippen LogP contribution in [0.4, 0.5) is 0 Å². The van der Waals surface area contributed by atoms with E-state index in [4.69, 9.17) is 5.73 Å². The van der Waals surface area contributed by atoms with Crippen molar-refractivity contribution in [1.29, 1.82) is 0 Å². The fourth-order valence-electron chi connectivity index (χ4n) is 2.73. The Kier molecular flexibility index (Phi) is 4.07. The van der Waals surface area contributed by atoms with Gasteiger partial charge in [-0.05, 0) is 36.3 Å². The van der Waals surface area contributed by atoms with Gasteiger partial charge in [0.1, 0.15) is 9.84 Å². The highest BCUT2D eigenvalue weighted by Crippen LogP contribution is 2.36. The van der Waals surface area contributed by atoms with Gasteiger partial charge in [0.2, 0.25) is 0 Å². The van der Waals surface area contributed by atoms with Crippen LogP contribution in [0, 0.1) is 5.92 Å². The Morgan fingerprint density at radius 3 is 2.67 bits per heavy atom. The molecule has 1 aromatic rings. The Morgan fingerprint density at radius 2 is 2.00 bits per heavy atom. The van der Waals surface area contributed by atoms with Crippen LogP contribution < -0.4 is 5.73 Å². The Labute approximate surface area is 109 Å². The molecule has 1 aliphatic carbocycles. The highest BCUT2D eigenvalue weighted by molar-refractivity contribution is 7.91. The average Bonchev–Trinajstić information content (AvgIpc) is 2.65. The summed E-state index contributed by atoms with van der Waals surface area (Å²) in [4.78, 5) is 0. The molecule has 0 spiro atoms. The van der Waals surface area contributed by atoms with Crippen molar-refractivity contribution >= 4 is 9.84 Å². The third-order valence-corrected chi connectivity index (χ3v) is 5.61. The maximum Gasteiger partial charge on any atom is 0.150 e. The van der Waals surface area contributed by atoms with Crippen molar-refractivity contribution in [2.45, 2.75) is 32.2 Å². The van der Waals surface area contributed by atoms with Gasteiger partial charge >= 0.3 is 0 Å². The SMILES string of the molecule is CCCS(=O)(=O)CCC1Cc2ccccc2C1N. The van der Waals surface area contributed by atoms with Crippen LogP contribution in [0.5, 0.6) is 0 Å². The van der Waals surface area contributed by atoms with Gasteiger partial charge in [0, 0.05) is 11.8 Å². The van der Waals surface area contributed by atoms with Crippen LogP contribution in [0.1, 0.15) is 36.9 Å². The molecule has 100 valence electrons. The molecule has 0 bridgehead atoms. The Balaban J connectivity index is 1.98. The Hall–Kier alpha value is -0.870. The van der Waals surface area contributed by atoms with E-state index in [9.17, 15) is 8.42 Å². The summed E-state index contributed by atoms with van der Waals surface area (Å²) in [7, 11) is -2.89. The van der Waals surface area contributed by atoms with E-state index >= 15 is 0 Å². The first-order valence-electron chi connectivity index (χ1n) is 6.57. The molecular formula is C14H21NO2S. The molecule has 0 saturated heterocycles. The van der Waals surface area contributed by atoms with E-state index < -0.39 is 9.84 Å². The molecule has 1 aromatic carbocycles. The number of hydrogen-bond acceptors (Lipinski definition) is 3. The summed E-state index contributed by atoms with van der Waals surface area (Å²) < 4.78 is 23.5. The summed E-state index contributed by atoms with van der Waals surface area (Å²) in [5.41, 5.74) is 8.67. The largest absolute Gasteiger partial charge is 0.324 e. The lowest BCUT2D eigenvalue weighted by Crippen LogP contribution is -2.21. The summed E-state index contributed by atoms with van der Waals surface area (Å²) in [6.45, 7) is 1.90. The topological polar surface area (TPSA) is 60.2 Å². The minimum Gasteiger partial charge on any atom is -0.324 e. The van der Waals surface area contributed by atoms with Crippen LogP contribution in [0.3, 0.4) is 0 Å². The lowest BCUT2D eigenvalue weighted by atomic mass is 9.99. The normalized spacial score (nSPS) is 23.0. The molecule has 2 atom stereocenters. The molecule has 1 aliphatic rings. The van der Waals surface area contributed by atoms with Gasteiger partial charge in [-0.15, -0.1) is 0 Å². The third-order valence-electron chi connectivity index (χ3n) is 3.72. The summed E-state index contributed by atoms with van der Waals surface area (Å²) in [5, 5.41) is 0. The molecule has 0 aliphatic heterocycles. The van der Waals surface area contributed by atoms with Gasteiger partial charge in [0.25, 0.3) is 0 Å². The van der Waals surface area contributed by atoms with E-state index in [1.54, 1.807) is 0 Å². The number of nitrogens with two attached hydrogens (primary N) is 1. The van der Waals surface area contributed by atoms with Crippen molar-refractivity contribution in [3.8, 4) is 0 Å². The summed E-state index contributed by atoms with van der Waals surface area (Å²) in [6, 6.07) is 8.16. The minimum atomic E-state index is -2.89. The first-order valence-corrected chi connectivity index (χ1v) is 8.39. The quantitative estimate of drug-likeness (QED) is 0.888. The molecule has 18 heavy (non-hydrogen) atoms. The van der Waals surface area contributed by atoms with E-state index in [0.717, 1.165) is 6.42 Å². The van der Waals surface area contributed by atoms with E-state index in [1.165, 1.54) is 11.1 Å². The number of fused-ring (bicyclic) bond motifs is 1. The van der Waals surface area contributed by atoms with Crippen LogP contribution >= 0.6 is 0 Å². The highest BCUT2D eigenvalue weighted by Gasteiger charge is 2.29. The highest BCUT2D eigenvalue weighted by atomic mass is 32.2. The van der Waals surface area contributed by atoms with Crippen molar-refractivity contribution in [2.24, 2.45) is 11.7 Å². The van der Waals surface area contributed by atoms with Crippen LogP contribution in [0.25, 0.3) is 0 Å². The maximum absolute atomic E-state index is 11.7. The standard InChI is InChI=1S/C14H21NO2S/c1-2-8-18(16,17)9-7-12-10-11-5-3-4-6-13(11)14(12)15/h3-6,12,14H,2,7-10,15H2,1H3. The fourth-order valence-corrected chi connectivity index (χ4v) is 4.22. The Morgan fingerprint density at radius 1 is 1.28 bits per heavy atom. The molecule has 3 nitrogen and oxygen atoms in total. The van der Waals surface area contributed by atoms with Crippen LogP contribution in [0.15, 0.2) is 24.3 Å². The molecule has 2 N–H and O–H groups in total. The second-order valence-corrected chi connectivity index (χ2v) is 7.43. The van der Waals surface area contributed by atoms with Gasteiger partial charge in [-0.2, -0.15) is 0 Å². The zero-order chi connectivity index (χ0) is 13.2. The summed E-state index contributed by atoms with van der Waals surface area (Å²) in [5.74, 6) is 0.837.